The van der Waals surface area contributed by atoms with E-state index in [1.807, 2.05) is 11.6 Å². The molecule has 0 unspecified atom stereocenters. The zero-order valence-electron chi connectivity index (χ0n) is 14.7. The van der Waals surface area contributed by atoms with E-state index in [0.717, 1.165) is 24.2 Å². The van der Waals surface area contributed by atoms with Crippen molar-refractivity contribution in [3.05, 3.63) is 48.0 Å². The Kier molecular flexibility index (Phi) is 4.46. The molecule has 26 heavy (non-hydrogen) atoms. The number of rotatable bonds is 5. The van der Waals surface area contributed by atoms with Crippen molar-refractivity contribution >= 4 is 5.91 Å². The summed E-state index contributed by atoms with van der Waals surface area (Å²) in [5, 5.41) is 2.93. The number of hydrogen-bond donors (Lipinski definition) is 1. The van der Waals surface area contributed by atoms with Crippen LogP contribution in [0.3, 0.4) is 0 Å². The molecule has 1 N–H and O–H groups in total. The van der Waals surface area contributed by atoms with Crippen LogP contribution >= 0.6 is 0 Å². The third kappa shape index (κ3) is 3.84. The van der Waals surface area contributed by atoms with Crippen LogP contribution in [0, 0.1) is 0 Å². The van der Waals surface area contributed by atoms with Crippen molar-refractivity contribution in [3.8, 4) is 5.75 Å². The lowest BCUT2D eigenvalue weighted by molar-refractivity contribution is -0.138. The molecule has 2 atom stereocenters. The lowest BCUT2D eigenvalue weighted by Gasteiger charge is -2.25. The summed E-state index contributed by atoms with van der Waals surface area (Å²) in [6, 6.07) is 4.31. The van der Waals surface area contributed by atoms with Crippen LogP contribution in [0.15, 0.2) is 36.8 Å². The van der Waals surface area contributed by atoms with Gasteiger partial charge in [-0.05, 0) is 44.5 Å². The van der Waals surface area contributed by atoms with Gasteiger partial charge in [0.15, 0.2) is 5.60 Å². The summed E-state index contributed by atoms with van der Waals surface area (Å²) < 4.78 is 45.3. The van der Waals surface area contributed by atoms with Crippen molar-refractivity contribution in [1.82, 2.24) is 14.9 Å². The van der Waals surface area contributed by atoms with Crippen LogP contribution in [0.2, 0.25) is 0 Å². The first-order valence-electron chi connectivity index (χ1n) is 8.21. The van der Waals surface area contributed by atoms with Gasteiger partial charge in [-0.2, -0.15) is 13.2 Å². The van der Waals surface area contributed by atoms with E-state index >= 15 is 0 Å². The fraction of sp³-hybridized carbons (Fsp3) is 0.444. The number of amides is 1. The summed E-state index contributed by atoms with van der Waals surface area (Å²) in [6.07, 6.45) is -0.0926. The topological polar surface area (TPSA) is 56.2 Å². The quantitative estimate of drug-likeness (QED) is 0.883. The molecule has 1 fully saturated rings. The Bertz CT molecular complexity index is 797. The Morgan fingerprint density at radius 2 is 1.92 bits per heavy atom. The molecule has 1 aliphatic rings. The van der Waals surface area contributed by atoms with E-state index in [4.69, 9.17) is 4.74 Å². The van der Waals surface area contributed by atoms with E-state index < -0.39 is 17.3 Å². The highest BCUT2D eigenvalue weighted by Gasteiger charge is 2.44. The lowest BCUT2D eigenvalue weighted by Crippen LogP contribution is -2.47. The molecule has 8 heteroatoms. The number of imidazole rings is 1. The maximum absolute atomic E-state index is 12.6. The Hall–Kier alpha value is -2.51. The van der Waals surface area contributed by atoms with E-state index in [1.54, 1.807) is 26.4 Å². The molecule has 1 saturated carbocycles. The number of benzene rings is 1. The van der Waals surface area contributed by atoms with E-state index in [0.29, 0.717) is 0 Å². The van der Waals surface area contributed by atoms with Crippen molar-refractivity contribution in [3.63, 3.8) is 0 Å². The van der Waals surface area contributed by atoms with Gasteiger partial charge in [0.25, 0.3) is 5.91 Å². The molecule has 3 rings (SSSR count). The van der Waals surface area contributed by atoms with Crippen LogP contribution in [0.4, 0.5) is 13.2 Å². The SMILES string of the molecule is Cn1cncc1[C@@H]1C[C@H]1NC(=O)C(C)(C)Oc1ccc(C(F)(F)F)cc1. The number of carbonyl (C=O) groups is 1. The minimum Gasteiger partial charge on any atom is -0.478 e. The van der Waals surface area contributed by atoms with Gasteiger partial charge in [0.1, 0.15) is 5.75 Å². The van der Waals surface area contributed by atoms with Crippen LogP contribution in [0.5, 0.6) is 5.75 Å². The molecule has 0 radical (unpaired) electrons. The van der Waals surface area contributed by atoms with Crippen molar-refractivity contribution in [2.24, 2.45) is 7.05 Å². The number of hydrogen-bond acceptors (Lipinski definition) is 3. The molecule has 1 aromatic carbocycles. The molecule has 5 nitrogen and oxygen atoms in total. The molecule has 0 bridgehead atoms. The van der Waals surface area contributed by atoms with E-state index in [1.165, 1.54) is 12.1 Å². The summed E-state index contributed by atoms with van der Waals surface area (Å²) in [4.78, 5) is 16.6. The van der Waals surface area contributed by atoms with Crippen LogP contribution in [0.1, 0.15) is 37.4 Å². The summed E-state index contributed by atoms with van der Waals surface area (Å²) >= 11 is 0. The van der Waals surface area contributed by atoms with Gasteiger partial charge in [-0.1, -0.05) is 0 Å². The first-order chi connectivity index (χ1) is 12.1. The van der Waals surface area contributed by atoms with Crippen molar-refractivity contribution in [2.45, 2.75) is 44.0 Å². The van der Waals surface area contributed by atoms with Crippen LogP contribution in [-0.4, -0.2) is 27.1 Å². The molecule has 140 valence electrons. The van der Waals surface area contributed by atoms with E-state index in [-0.39, 0.29) is 23.6 Å². The number of aryl methyl sites for hydroxylation is 1. The van der Waals surface area contributed by atoms with Crippen LogP contribution in [-0.2, 0) is 18.0 Å². The average molecular weight is 367 g/mol. The Morgan fingerprint density at radius 1 is 1.27 bits per heavy atom. The molecule has 0 aliphatic heterocycles. The largest absolute Gasteiger partial charge is 0.478 e. The second-order valence-corrected chi connectivity index (χ2v) is 6.99. The second-order valence-electron chi connectivity index (χ2n) is 6.99. The lowest BCUT2D eigenvalue weighted by atomic mass is 10.1. The van der Waals surface area contributed by atoms with Gasteiger partial charge >= 0.3 is 6.18 Å². The normalized spacial score (nSPS) is 19.9. The van der Waals surface area contributed by atoms with Gasteiger partial charge in [0.05, 0.1) is 11.9 Å². The molecule has 2 aromatic rings. The maximum atomic E-state index is 12.6. The zero-order chi connectivity index (χ0) is 19.1. The molecule has 1 aromatic heterocycles. The van der Waals surface area contributed by atoms with Crippen molar-refractivity contribution in [2.75, 3.05) is 0 Å². The molecular weight excluding hydrogens is 347 g/mol. The third-order valence-corrected chi connectivity index (χ3v) is 4.44. The Morgan fingerprint density at radius 3 is 2.46 bits per heavy atom. The number of carbonyl (C=O) groups excluding carboxylic acids is 1. The highest BCUT2D eigenvalue weighted by Crippen LogP contribution is 2.40. The second kappa shape index (κ2) is 6.34. The van der Waals surface area contributed by atoms with Crippen LogP contribution < -0.4 is 10.1 Å². The van der Waals surface area contributed by atoms with Gasteiger partial charge in [0, 0.05) is 30.9 Å². The summed E-state index contributed by atoms with van der Waals surface area (Å²) in [6.45, 7) is 3.17. The molecule has 0 spiro atoms. The van der Waals surface area contributed by atoms with Gasteiger partial charge in [-0.25, -0.2) is 4.98 Å². The average Bonchev–Trinajstić information content (AvgIpc) is 3.16. The minimum absolute atomic E-state index is 0.00776. The molecule has 1 aliphatic carbocycles. The van der Waals surface area contributed by atoms with E-state index in [9.17, 15) is 18.0 Å². The number of nitrogens with zero attached hydrogens (tertiary/aromatic N) is 2. The maximum Gasteiger partial charge on any atom is 0.416 e. The van der Waals surface area contributed by atoms with Crippen LogP contribution in [0.25, 0.3) is 0 Å². The van der Waals surface area contributed by atoms with Crippen molar-refractivity contribution < 1.29 is 22.7 Å². The number of nitrogens with one attached hydrogen (secondary N) is 1. The monoisotopic (exact) mass is 367 g/mol. The number of ether oxygens (including phenoxy) is 1. The Labute approximate surface area is 149 Å². The fourth-order valence-electron chi connectivity index (χ4n) is 2.80. The number of halogens is 3. The third-order valence-electron chi connectivity index (χ3n) is 4.44. The zero-order valence-corrected chi connectivity index (χ0v) is 14.7. The first-order valence-corrected chi connectivity index (χ1v) is 8.21. The van der Waals surface area contributed by atoms with Gasteiger partial charge in [-0.15, -0.1) is 0 Å². The van der Waals surface area contributed by atoms with E-state index in [2.05, 4.69) is 10.3 Å². The van der Waals surface area contributed by atoms with Gasteiger partial charge in [0.2, 0.25) is 0 Å². The molecule has 1 amide bonds. The molecular formula is C18H20F3N3O2. The molecule has 1 heterocycles. The Balaban J connectivity index is 1.59. The first kappa shape index (κ1) is 18.3. The summed E-state index contributed by atoms with van der Waals surface area (Å²) in [7, 11) is 1.90. The predicted molar refractivity (Wildman–Crippen MR) is 88.6 cm³/mol. The van der Waals surface area contributed by atoms with Gasteiger partial charge < -0.3 is 14.6 Å². The molecule has 0 saturated heterocycles. The summed E-state index contributed by atoms with van der Waals surface area (Å²) in [5.41, 5.74) is -0.917. The number of alkyl halides is 3. The van der Waals surface area contributed by atoms with Gasteiger partial charge in [-0.3, -0.25) is 4.79 Å². The van der Waals surface area contributed by atoms with Crippen molar-refractivity contribution in [1.29, 1.82) is 0 Å². The minimum atomic E-state index is -4.40. The highest BCUT2D eigenvalue weighted by molar-refractivity contribution is 5.85. The smallest absolute Gasteiger partial charge is 0.416 e. The summed E-state index contributed by atoms with van der Waals surface area (Å²) in [5.74, 6) is 0.109. The highest BCUT2D eigenvalue weighted by atomic mass is 19.4. The number of aromatic nitrogens is 2. The standard InChI is InChI=1S/C18H20F3N3O2/c1-17(2,26-12-6-4-11(5-7-12)18(19,20)21)16(25)23-14-8-13(14)15-9-22-10-24(15)3/h4-7,9-10,13-14H,8H2,1-3H3,(H,23,25)/t13-,14-/m1/s1. The fourth-order valence-corrected chi connectivity index (χ4v) is 2.80. The predicted octanol–water partition coefficient (Wildman–Crippen LogP) is 3.27.